The summed E-state index contributed by atoms with van der Waals surface area (Å²) >= 11 is 3.26. The van der Waals surface area contributed by atoms with Gasteiger partial charge in [-0.2, -0.15) is 0 Å². The van der Waals surface area contributed by atoms with Gasteiger partial charge in [-0.3, -0.25) is 4.98 Å². The highest BCUT2D eigenvalue weighted by molar-refractivity contribution is 9.10. The molecule has 0 saturated carbocycles. The average molecular weight is 408 g/mol. The maximum atomic E-state index is 12.3. The Labute approximate surface area is 147 Å². The van der Waals surface area contributed by atoms with Crippen LogP contribution in [-0.2, 0) is 9.84 Å². The quantitative estimate of drug-likeness (QED) is 0.659. The third-order valence-electron chi connectivity index (χ3n) is 3.37. The van der Waals surface area contributed by atoms with Crippen LogP contribution in [0.1, 0.15) is 12.5 Å². The first-order valence-corrected chi connectivity index (χ1v) is 9.58. The van der Waals surface area contributed by atoms with Gasteiger partial charge in [-0.15, -0.1) is 5.10 Å². The second kappa shape index (κ2) is 6.40. The minimum absolute atomic E-state index is 0.0294. The first kappa shape index (κ1) is 16.7. The highest BCUT2D eigenvalue weighted by Gasteiger charge is 2.22. The van der Waals surface area contributed by atoms with E-state index in [0.717, 1.165) is 5.56 Å². The normalized spacial score (nSPS) is 11.6. The summed E-state index contributed by atoms with van der Waals surface area (Å²) < 4.78 is 26.7. The first-order valence-electron chi connectivity index (χ1n) is 7.14. The lowest BCUT2D eigenvalue weighted by Crippen LogP contribution is -2.08. The molecule has 3 rings (SSSR count). The molecule has 9 heteroatoms. The molecule has 0 aliphatic carbocycles. The molecule has 7 nitrogen and oxygen atoms in total. The molecule has 3 aromatic rings. The van der Waals surface area contributed by atoms with Crippen LogP contribution < -0.4 is 0 Å². The molecule has 0 aliphatic rings. The van der Waals surface area contributed by atoms with Crippen molar-refractivity contribution < 1.29 is 8.42 Å². The molecule has 0 atom stereocenters. The molecule has 0 aromatic carbocycles. The molecule has 0 unspecified atom stereocenters. The van der Waals surface area contributed by atoms with Crippen molar-refractivity contribution in [1.82, 2.24) is 24.7 Å². The van der Waals surface area contributed by atoms with E-state index < -0.39 is 9.84 Å². The molecule has 0 radical (unpaired) electrons. The number of hydrogen-bond donors (Lipinski definition) is 0. The Morgan fingerprint density at radius 3 is 2.62 bits per heavy atom. The zero-order valence-corrected chi connectivity index (χ0v) is 15.4. The highest BCUT2D eigenvalue weighted by Crippen LogP contribution is 2.26. The van der Waals surface area contributed by atoms with E-state index in [4.69, 9.17) is 0 Å². The van der Waals surface area contributed by atoms with Crippen LogP contribution in [0, 0.1) is 6.92 Å². The number of aryl methyl sites for hydroxylation is 1. The van der Waals surface area contributed by atoms with E-state index in [1.165, 1.54) is 23.3 Å². The summed E-state index contributed by atoms with van der Waals surface area (Å²) in [6.07, 6.45) is 4.73. The van der Waals surface area contributed by atoms with Crippen LogP contribution in [0.3, 0.4) is 0 Å². The largest absolute Gasteiger partial charge is 0.250 e. The Morgan fingerprint density at radius 2 is 1.96 bits per heavy atom. The SMILES string of the molecule is CCS(=O)(=O)c1cc(Br)cnc1-c1ncn(-c2ccc(C)cn2)n1. The van der Waals surface area contributed by atoms with Crippen molar-refractivity contribution in [2.24, 2.45) is 0 Å². The molecule has 0 spiro atoms. The lowest BCUT2D eigenvalue weighted by Gasteiger charge is -2.06. The fraction of sp³-hybridized carbons (Fsp3) is 0.200. The van der Waals surface area contributed by atoms with E-state index in [1.807, 2.05) is 19.1 Å². The molecular weight excluding hydrogens is 394 g/mol. The van der Waals surface area contributed by atoms with E-state index in [1.54, 1.807) is 13.1 Å². The molecule has 0 N–H and O–H groups in total. The summed E-state index contributed by atoms with van der Waals surface area (Å²) in [7, 11) is -3.46. The molecule has 0 saturated heterocycles. The molecule has 3 aromatic heterocycles. The fourth-order valence-electron chi connectivity index (χ4n) is 2.06. The molecule has 0 bridgehead atoms. The molecular formula is C15H14BrN5O2S. The van der Waals surface area contributed by atoms with Crippen LogP contribution in [0.15, 0.2) is 46.3 Å². The Hall–Kier alpha value is -2.13. The smallest absolute Gasteiger partial charge is 0.201 e. The van der Waals surface area contributed by atoms with Crippen LogP contribution in [0.4, 0.5) is 0 Å². The zero-order valence-electron chi connectivity index (χ0n) is 13.0. The number of nitrogens with zero attached hydrogens (tertiary/aromatic N) is 5. The molecule has 24 heavy (non-hydrogen) atoms. The Balaban J connectivity index is 2.09. The number of aromatic nitrogens is 5. The van der Waals surface area contributed by atoms with Gasteiger partial charge in [0, 0.05) is 16.9 Å². The zero-order chi connectivity index (χ0) is 17.3. The Kier molecular flexibility index (Phi) is 4.46. The van der Waals surface area contributed by atoms with Gasteiger partial charge in [0.05, 0.1) is 10.6 Å². The lowest BCUT2D eigenvalue weighted by molar-refractivity contribution is 0.597. The van der Waals surface area contributed by atoms with Crippen LogP contribution in [0.2, 0.25) is 0 Å². The Morgan fingerprint density at radius 1 is 1.17 bits per heavy atom. The predicted molar refractivity (Wildman–Crippen MR) is 92.5 cm³/mol. The topological polar surface area (TPSA) is 90.6 Å². The second-order valence-corrected chi connectivity index (χ2v) is 8.27. The predicted octanol–water partition coefficient (Wildman–Crippen LogP) is 2.59. The van der Waals surface area contributed by atoms with Crippen LogP contribution in [0.25, 0.3) is 17.3 Å². The standard InChI is InChI=1S/C15H14BrN5O2S/c1-3-24(22,23)12-6-11(16)8-18-14(12)15-19-9-21(20-15)13-5-4-10(2)7-17-13/h4-9H,3H2,1-2H3. The maximum absolute atomic E-state index is 12.3. The van der Waals surface area contributed by atoms with E-state index >= 15 is 0 Å². The van der Waals surface area contributed by atoms with Gasteiger partial charge in [0.25, 0.3) is 0 Å². The summed E-state index contributed by atoms with van der Waals surface area (Å²) in [6, 6.07) is 5.24. The van der Waals surface area contributed by atoms with Gasteiger partial charge in [-0.1, -0.05) is 13.0 Å². The summed E-state index contributed by atoms with van der Waals surface area (Å²) in [5, 5.41) is 4.32. The summed E-state index contributed by atoms with van der Waals surface area (Å²) in [6.45, 7) is 3.53. The first-order chi connectivity index (χ1) is 11.4. The van der Waals surface area contributed by atoms with Crippen LogP contribution >= 0.6 is 15.9 Å². The minimum Gasteiger partial charge on any atom is -0.250 e. The van der Waals surface area contributed by atoms with Crippen molar-refractivity contribution in [2.75, 3.05) is 5.75 Å². The summed E-state index contributed by atoms with van der Waals surface area (Å²) in [5.41, 5.74) is 1.26. The van der Waals surface area contributed by atoms with Gasteiger partial charge >= 0.3 is 0 Å². The molecule has 124 valence electrons. The summed E-state index contributed by atoms with van der Waals surface area (Å²) in [5.74, 6) is 0.798. The number of rotatable bonds is 4. The van der Waals surface area contributed by atoms with Crippen LogP contribution in [0.5, 0.6) is 0 Å². The van der Waals surface area contributed by atoms with Gasteiger partial charge < -0.3 is 0 Å². The number of hydrogen-bond acceptors (Lipinski definition) is 6. The van der Waals surface area contributed by atoms with Crippen molar-refractivity contribution in [1.29, 1.82) is 0 Å². The van der Waals surface area contributed by atoms with Crippen molar-refractivity contribution >= 4 is 25.8 Å². The van der Waals surface area contributed by atoms with Gasteiger partial charge in [0.2, 0.25) is 5.82 Å². The molecule has 0 fully saturated rings. The van der Waals surface area contributed by atoms with Gasteiger partial charge in [-0.05, 0) is 40.5 Å². The summed E-state index contributed by atoms with van der Waals surface area (Å²) in [4.78, 5) is 12.8. The van der Waals surface area contributed by atoms with Gasteiger partial charge in [0.15, 0.2) is 15.7 Å². The third-order valence-corrected chi connectivity index (χ3v) is 5.54. The van der Waals surface area contributed by atoms with Crippen molar-refractivity contribution in [3.8, 4) is 17.3 Å². The van der Waals surface area contributed by atoms with Crippen molar-refractivity contribution in [3.05, 3.63) is 47.0 Å². The monoisotopic (exact) mass is 407 g/mol. The third kappa shape index (κ3) is 3.22. The average Bonchev–Trinajstić information content (AvgIpc) is 3.05. The number of sulfone groups is 1. The molecule has 0 aliphatic heterocycles. The van der Waals surface area contributed by atoms with Gasteiger partial charge in [-0.25, -0.2) is 23.1 Å². The van der Waals surface area contributed by atoms with E-state index in [2.05, 4.69) is 36.0 Å². The van der Waals surface area contributed by atoms with Crippen molar-refractivity contribution in [2.45, 2.75) is 18.7 Å². The second-order valence-electron chi connectivity index (χ2n) is 5.11. The Bertz CT molecular complexity index is 983. The van der Waals surface area contributed by atoms with E-state index in [-0.39, 0.29) is 22.2 Å². The maximum Gasteiger partial charge on any atom is 0.201 e. The number of pyridine rings is 2. The van der Waals surface area contributed by atoms with E-state index in [0.29, 0.717) is 10.3 Å². The highest BCUT2D eigenvalue weighted by atomic mass is 79.9. The lowest BCUT2D eigenvalue weighted by atomic mass is 10.3. The molecule has 3 heterocycles. The van der Waals surface area contributed by atoms with Crippen molar-refractivity contribution in [3.63, 3.8) is 0 Å². The fourth-order valence-corrected chi connectivity index (χ4v) is 3.60. The molecule has 0 amide bonds. The minimum atomic E-state index is -3.46. The van der Waals surface area contributed by atoms with Gasteiger partial charge in [0.1, 0.15) is 12.0 Å². The van der Waals surface area contributed by atoms with Crippen LogP contribution in [-0.4, -0.2) is 38.9 Å². The van der Waals surface area contributed by atoms with E-state index in [9.17, 15) is 8.42 Å². The number of halogens is 1.